The maximum atomic E-state index is 12.0. The Labute approximate surface area is 112 Å². The van der Waals surface area contributed by atoms with E-state index in [4.69, 9.17) is 4.42 Å². The first-order valence-corrected chi connectivity index (χ1v) is 6.15. The number of nitrogens with zero attached hydrogens (tertiary/aromatic N) is 3. The van der Waals surface area contributed by atoms with Crippen molar-refractivity contribution in [1.29, 1.82) is 0 Å². The fraction of sp³-hybridized carbons (Fsp3) is 0.385. The molecule has 2 rings (SSSR count). The lowest BCUT2D eigenvalue weighted by Gasteiger charge is -2.20. The summed E-state index contributed by atoms with van der Waals surface area (Å²) in [7, 11) is 1.74. The van der Waals surface area contributed by atoms with Crippen LogP contribution in [-0.2, 0) is 13.1 Å². The fourth-order valence-electron chi connectivity index (χ4n) is 1.79. The number of amides is 2. The summed E-state index contributed by atoms with van der Waals surface area (Å²) < 4.78 is 7.14. The molecule has 0 bridgehead atoms. The van der Waals surface area contributed by atoms with Crippen LogP contribution in [0.1, 0.15) is 12.7 Å². The Balaban J connectivity index is 1.79. The van der Waals surface area contributed by atoms with Gasteiger partial charge in [-0.1, -0.05) is 0 Å². The molecule has 102 valence electrons. The van der Waals surface area contributed by atoms with Crippen molar-refractivity contribution >= 4 is 6.03 Å². The van der Waals surface area contributed by atoms with Crippen LogP contribution in [0.2, 0.25) is 0 Å². The van der Waals surface area contributed by atoms with Gasteiger partial charge >= 0.3 is 6.03 Å². The van der Waals surface area contributed by atoms with Crippen molar-refractivity contribution in [3.8, 4) is 0 Å². The second kappa shape index (κ2) is 6.08. The number of imidazole rings is 1. The van der Waals surface area contributed by atoms with Gasteiger partial charge in [-0.25, -0.2) is 9.78 Å². The molecule has 1 atom stereocenters. The minimum atomic E-state index is -0.121. The summed E-state index contributed by atoms with van der Waals surface area (Å²) in [6.45, 7) is 3.11. The van der Waals surface area contributed by atoms with Crippen LogP contribution in [-0.4, -0.2) is 33.6 Å². The summed E-state index contributed by atoms with van der Waals surface area (Å²) in [4.78, 5) is 17.5. The van der Waals surface area contributed by atoms with Gasteiger partial charge in [0.1, 0.15) is 5.76 Å². The van der Waals surface area contributed by atoms with E-state index in [0.29, 0.717) is 13.1 Å². The van der Waals surface area contributed by atoms with Gasteiger partial charge in [0, 0.05) is 32.0 Å². The molecular weight excluding hydrogens is 244 g/mol. The Kier molecular flexibility index (Phi) is 4.22. The molecule has 0 saturated carbocycles. The maximum absolute atomic E-state index is 12.0. The zero-order valence-electron chi connectivity index (χ0n) is 11.1. The van der Waals surface area contributed by atoms with Crippen LogP contribution in [0.3, 0.4) is 0 Å². The zero-order chi connectivity index (χ0) is 13.7. The van der Waals surface area contributed by atoms with Crippen molar-refractivity contribution in [3.05, 3.63) is 42.9 Å². The van der Waals surface area contributed by atoms with Gasteiger partial charge in [-0.2, -0.15) is 0 Å². The molecule has 0 aliphatic heterocycles. The van der Waals surface area contributed by atoms with Crippen LogP contribution in [0.25, 0.3) is 0 Å². The lowest BCUT2D eigenvalue weighted by atomic mass is 10.3. The molecule has 2 amide bonds. The standard InChI is InChI=1S/C13H18N4O2/c1-11(8-17-6-5-14-10-17)15-13(18)16(2)9-12-4-3-7-19-12/h3-7,10-11H,8-9H2,1-2H3,(H,15,18)/t11-/m1/s1. The van der Waals surface area contributed by atoms with Crippen molar-refractivity contribution in [1.82, 2.24) is 19.8 Å². The molecule has 0 saturated heterocycles. The molecule has 0 aliphatic rings. The molecule has 0 spiro atoms. The molecule has 2 heterocycles. The molecule has 19 heavy (non-hydrogen) atoms. The van der Waals surface area contributed by atoms with E-state index in [1.165, 1.54) is 0 Å². The molecule has 0 aromatic carbocycles. The van der Waals surface area contributed by atoms with E-state index < -0.39 is 0 Å². The number of urea groups is 1. The monoisotopic (exact) mass is 262 g/mol. The number of hydrogen-bond acceptors (Lipinski definition) is 3. The number of carbonyl (C=O) groups excluding carboxylic acids is 1. The smallest absolute Gasteiger partial charge is 0.317 e. The van der Waals surface area contributed by atoms with E-state index in [0.717, 1.165) is 5.76 Å². The van der Waals surface area contributed by atoms with Crippen molar-refractivity contribution in [2.45, 2.75) is 26.1 Å². The molecule has 0 radical (unpaired) electrons. The van der Waals surface area contributed by atoms with Crippen molar-refractivity contribution in [2.24, 2.45) is 0 Å². The molecule has 6 heteroatoms. The number of carbonyl (C=O) groups is 1. The van der Waals surface area contributed by atoms with Gasteiger partial charge in [0.2, 0.25) is 0 Å². The largest absolute Gasteiger partial charge is 0.467 e. The Hall–Kier alpha value is -2.24. The number of furan rings is 1. The Bertz CT molecular complexity index is 493. The van der Waals surface area contributed by atoms with Gasteiger partial charge in [0.25, 0.3) is 0 Å². The minimum absolute atomic E-state index is 0.0285. The predicted molar refractivity (Wildman–Crippen MR) is 70.4 cm³/mol. The van der Waals surface area contributed by atoms with Crippen molar-refractivity contribution < 1.29 is 9.21 Å². The zero-order valence-corrected chi connectivity index (χ0v) is 11.1. The normalized spacial score (nSPS) is 12.1. The van der Waals surface area contributed by atoms with Crippen molar-refractivity contribution in [3.63, 3.8) is 0 Å². The second-order valence-corrected chi connectivity index (χ2v) is 4.55. The molecule has 0 fully saturated rings. The van der Waals surface area contributed by atoms with Crippen LogP contribution in [0.4, 0.5) is 4.79 Å². The molecule has 0 unspecified atom stereocenters. The van der Waals surface area contributed by atoms with Gasteiger partial charge in [0.05, 0.1) is 19.1 Å². The highest BCUT2D eigenvalue weighted by Gasteiger charge is 2.13. The second-order valence-electron chi connectivity index (χ2n) is 4.55. The summed E-state index contributed by atoms with van der Waals surface area (Å²) in [5, 5.41) is 2.93. The van der Waals surface area contributed by atoms with E-state index in [9.17, 15) is 4.79 Å². The van der Waals surface area contributed by atoms with E-state index in [1.54, 1.807) is 30.7 Å². The molecule has 2 aromatic heterocycles. The molecule has 1 N–H and O–H groups in total. The minimum Gasteiger partial charge on any atom is -0.467 e. The topological polar surface area (TPSA) is 63.3 Å². The first kappa shape index (κ1) is 13.2. The van der Waals surface area contributed by atoms with Gasteiger partial charge < -0.3 is 19.2 Å². The van der Waals surface area contributed by atoms with Gasteiger partial charge in [-0.15, -0.1) is 0 Å². The first-order chi connectivity index (χ1) is 9.15. The third-order valence-corrected chi connectivity index (χ3v) is 2.73. The van der Waals surface area contributed by atoms with Crippen LogP contribution in [0, 0.1) is 0 Å². The lowest BCUT2D eigenvalue weighted by Crippen LogP contribution is -2.43. The number of hydrogen-bond donors (Lipinski definition) is 1. The molecule has 2 aromatic rings. The fourth-order valence-corrected chi connectivity index (χ4v) is 1.79. The van der Waals surface area contributed by atoms with E-state index in [2.05, 4.69) is 10.3 Å². The Morgan fingerprint density at radius 3 is 3.11 bits per heavy atom. The summed E-state index contributed by atoms with van der Waals surface area (Å²) in [5.41, 5.74) is 0. The van der Waals surface area contributed by atoms with E-state index in [-0.39, 0.29) is 12.1 Å². The number of nitrogens with one attached hydrogen (secondary N) is 1. The predicted octanol–water partition coefficient (Wildman–Crippen LogP) is 1.71. The van der Waals surface area contributed by atoms with Crippen LogP contribution in [0.5, 0.6) is 0 Å². The summed E-state index contributed by atoms with van der Waals surface area (Å²) in [6, 6.07) is 3.56. The lowest BCUT2D eigenvalue weighted by molar-refractivity contribution is 0.198. The Morgan fingerprint density at radius 2 is 2.47 bits per heavy atom. The highest BCUT2D eigenvalue weighted by molar-refractivity contribution is 5.74. The van der Waals surface area contributed by atoms with E-state index in [1.807, 2.05) is 29.8 Å². The SMILES string of the molecule is C[C@H](Cn1ccnc1)NC(=O)N(C)Cc1ccco1. The number of rotatable bonds is 5. The van der Waals surface area contributed by atoms with Crippen LogP contribution >= 0.6 is 0 Å². The summed E-state index contributed by atoms with van der Waals surface area (Å²) >= 11 is 0. The third-order valence-electron chi connectivity index (χ3n) is 2.73. The molecule has 6 nitrogen and oxygen atoms in total. The average Bonchev–Trinajstić information content (AvgIpc) is 3.01. The van der Waals surface area contributed by atoms with Crippen molar-refractivity contribution in [2.75, 3.05) is 7.05 Å². The van der Waals surface area contributed by atoms with Gasteiger partial charge in [-0.05, 0) is 19.1 Å². The van der Waals surface area contributed by atoms with Crippen LogP contribution in [0.15, 0.2) is 41.5 Å². The Morgan fingerprint density at radius 1 is 1.63 bits per heavy atom. The van der Waals surface area contributed by atoms with E-state index >= 15 is 0 Å². The van der Waals surface area contributed by atoms with Crippen LogP contribution < -0.4 is 5.32 Å². The average molecular weight is 262 g/mol. The summed E-state index contributed by atoms with van der Waals surface area (Å²) in [6.07, 6.45) is 6.92. The molecule has 0 aliphatic carbocycles. The summed E-state index contributed by atoms with van der Waals surface area (Å²) in [5.74, 6) is 0.764. The van der Waals surface area contributed by atoms with Gasteiger partial charge in [-0.3, -0.25) is 0 Å². The highest BCUT2D eigenvalue weighted by atomic mass is 16.3. The number of aromatic nitrogens is 2. The third kappa shape index (κ3) is 3.87. The quantitative estimate of drug-likeness (QED) is 0.892. The highest BCUT2D eigenvalue weighted by Crippen LogP contribution is 2.04. The van der Waals surface area contributed by atoms with Gasteiger partial charge in [0.15, 0.2) is 0 Å². The first-order valence-electron chi connectivity index (χ1n) is 6.15. The molecular formula is C13H18N4O2. The maximum Gasteiger partial charge on any atom is 0.317 e.